The zero-order chi connectivity index (χ0) is 61.1. The second-order valence-electron chi connectivity index (χ2n) is 26.9. The van der Waals surface area contributed by atoms with Crippen LogP contribution in [0, 0.1) is 52.3 Å². The molecule has 7 heterocycles. The number of rotatable bonds is 14. The van der Waals surface area contributed by atoms with Crippen molar-refractivity contribution in [2.24, 2.45) is 52.3 Å². The Kier molecular flexibility index (Phi) is 19.5. The van der Waals surface area contributed by atoms with E-state index in [2.05, 4.69) is 27.7 Å². The highest BCUT2D eigenvalue weighted by molar-refractivity contribution is 5.19. The van der Waals surface area contributed by atoms with E-state index in [9.17, 15) is 86.8 Å². The van der Waals surface area contributed by atoms with Gasteiger partial charge in [-0.1, -0.05) is 27.7 Å². The van der Waals surface area contributed by atoms with Crippen LogP contribution in [-0.4, -0.2) is 304 Å². The van der Waals surface area contributed by atoms with E-state index in [1.165, 1.54) is 0 Å². The van der Waals surface area contributed by atoms with Crippen molar-refractivity contribution < 1.29 is 144 Å². The zero-order valence-electron chi connectivity index (χ0n) is 48.1. The molecule has 7 aliphatic heterocycles. The van der Waals surface area contributed by atoms with Crippen LogP contribution in [-0.2, 0) is 56.8 Å². The number of hydrogen-bond acceptors (Lipinski definition) is 29. The van der Waals surface area contributed by atoms with Crippen molar-refractivity contribution in [1.82, 2.24) is 0 Å². The molecule has 0 aromatic heterocycles. The lowest BCUT2D eigenvalue weighted by Gasteiger charge is -2.62. The first-order valence-corrected chi connectivity index (χ1v) is 30.5. The minimum absolute atomic E-state index is 0.00749. The molecular formula is C56H92O29. The molecule has 85 heavy (non-hydrogen) atoms. The molecule has 11 aliphatic rings. The van der Waals surface area contributed by atoms with Gasteiger partial charge < -0.3 is 144 Å². The molecule has 0 unspecified atom stereocenters. The molecule has 0 radical (unpaired) electrons. The van der Waals surface area contributed by atoms with Crippen LogP contribution in [0.3, 0.4) is 0 Å². The van der Waals surface area contributed by atoms with Crippen LogP contribution in [0.2, 0.25) is 0 Å². The van der Waals surface area contributed by atoms with Gasteiger partial charge in [-0.2, -0.15) is 0 Å². The lowest BCUT2D eigenvalue weighted by molar-refractivity contribution is -0.410. The molecule has 17 N–H and O–H groups in total. The van der Waals surface area contributed by atoms with Gasteiger partial charge in [-0.3, -0.25) is 0 Å². The molecule has 7 saturated heterocycles. The summed E-state index contributed by atoms with van der Waals surface area (Å²) in [6.45, 7) is 5.21. The van der Waals surface area contributed by atoms with Crippen molar-refractivity contribution in [3.05, 3.63) is 0 Å². The van der Waals surface area contributed by atoms with E-state index in [0.29, 0.717) is 25.4 Å². The van der Waals surface area contributed by atoms with Crippen molar-refractivity contribution >= 4 is 0 Å². The minimum Gasteiger partial charge on any atom is -0.394 e. The molecule has 38 atom stereocenters. The SMILES string of the molecule is C[C@@H]1CC[C@@]2(OC1)O[C@H]1[C@@H](O)[C@H]3[C@@H]4CC[C@H]5C[C@@H](O[C@H]6O[C@@H](CO)[C@@H](O[C@@H]7O[C@H](CO)[C@@H](O)[C@H](O[C@H]8OC[C@@H](O)[C@@H](O)[C@@H]8O)[C@H]7O[C@@H]7O[C@H](CO)[C@@H](O)[C@H](O[C@@H]8O[C@H](CO)[C@@H](O)[C@H](O)[C@H]8O)[C@H]7O)[C@H](O)[C@H]6O)[C@H](O)C[C@]5(C)[C@H]4CC[C@]3(C)[C@H]1[C@@H]2C. The highest BCUT2D eigenvalue weighted by atomic mass is 16.8. The first-order valence-electron chi connectivity index (χ1n) is 30.5. The standard InChI is InChI=1S/C56H92O29/c1-19-7-10-56(75-17-19)20(2)31-45(85-56)37(67)32-22-6-5-21-11-26(24(61)12-55(21,4)23(22)8-9-54(31,32)3)76-50-42(72)39(69)44(30(16-60)80-50)81-53-48(47(36(66)29(15-59)79-53)83-49-40(70)33(63)25(62)18-74-49)84-52-43(73)46(35(65)28(14-58)78-52)82-51-41(71)38(68)34(64)27(13-57)77-51/h19-53,57-73H,5-18H2,1-4H3/t19-,20+,21+,22-,23+,24-,25-,26-,27-,28-,29-,30+,31+,32-,33-,34-,35-,36-,37+,38+,39-,40+,41-,42-,43-,44-,45-,46+,47+,48-,49-,50+,51+,52+,53+,54-,55+,56-/m1/s1. The first kappa shape index (κ1) is 65.3. The normalized spacial score (nSPS) is 58.1. The first-order chi connectivity index (χ1) is 40.3. The van der Waals surface area contributed by atoms with Crippen molar-refractivity contribution in [2.45, 2.75) is 257 Å². The summed E-state index contributed by atoms with van der Waals surface area (Å²) in [6, 6.07) is 0. The number of ether oxygens (including phenoxy) is 12. The maximum atomic E-state index is 12.3. The zero-order valence-corrected chi connectivity index (χ0v) is 48.1. The van der Waals surface area contributed by atoms with Gasteiger partial charge in [0, 0.05) is 18.3 Å². The van der Waals surface area contributed by atoms with E-state index < -0.39 is 205 Å². The number of aliphatic hydroxyl groups excluding tert-OH is 17. The molecule has 0 aromatic rings. The van der Waals surface area contributed by atoms with Crippen molar-refractivity contribution in [3.8, 4) is 0 Å². The maximum absolute atomic E-state index is 12.3. The van der Waals surface area contributed by atoms with Gasteiger partial charge in [0.2, 0.25) is 0 Å². The van der Waals surface area contributed by atoms with E-state index in [0.717, 1.165) is 38.5 Å². The average Bonchev–Trinajstić information content (AvgIpc) is 1.59. The monoisotopic (exact) mass is 1230 g/mol. The summed E-state index contributed by atoms with van der Waals surface area (Å²) in [6.07, 6.45) is -42.5. The highest BCUT2D eigenvalue weighted by Gasteiger charge is 2.73. The van der Waals surface area contributed by atoms with Crippen LogP contribution in [0.25, 0.3) is 0 Å². The Bertz CT molecular complexity index is 2220. The summed E-state index contributed by atoms with van der Waals surface area (Å²) in [4.78, 5) is 0. The van der Waals surface area contributed by atoms with E-state index in [1.54, 1.807) is 0 Å². The van der Waals surface area contributed by atoms with Gasteiger partial charge in [0.15, 0.2) is 37.2 Å². The number of fused-ring (bicyclic) bond motifs is 7. The Balaban J connectivity index is 0.797. The Morgan fingerprint density at radius 2 is 1.01 bits per heavy atom. The second-order valence-corrected chi connectivity index (χ2v) is 26.9. The van der Waals surface area contributed by atoms with Crippen LogP contribution in [0.1, 0.15) is 79.1 Å². The smallest absolute Gasteiger partial charge is 0.187 e. The molecule has 0 bridgehead atoms. The van der Waals surface area contributed by atoms with Crippen molar-refractivity contribution in [3.63, 3.8) is 0 Å². The Morgan fingerprint density at radius 1 is 0.447 bits per heavy atom. The molecule has 4 saturated carbocycles. The van der Waals surface area contributed by atoms with E-state index in [4.69, 9.17) is 56.8 Å². The molecule has 4 aliphatic carbocycles. The number of aliphatic hydroxyl groups is 17. The summed E-state index contributed by atoms with van der Waals surface area (Å²) in [5.74, 6) is 0.388. The van der Waals surface area contributed by atoms with Crippen molar-refractivity contribution in [2.75, 3.05) is 39.6 Å². The Labute approximate surface area is 491 Å². The van der Waals surface area contributed by atoms with Crippen LogP contribution in [0.5, 0.6) is 0 Å². The quantitative estimate of drug-likeness (QED) is 0.0719. The molecule has 11 fully saturated rings. The Hall–Kier alpha value is -1.16. The summed E-state index contributed by atoms with van der Waals surface area (Å²) >= 11 is 0. The van der Waals surface area contributed by atoms with Crippen LogP contribution < -0.4 is 0 Å². The number of hydrogen-bond donors (Lipinski definition) is 17. The molecule has 11 rings (SSSR count). The third-order valence-corrected chi connectivity index (χ3v) is 22.2. The molecule has 1 spiro atoms. The lowest BCUT2D eigenvalue weighted by atomic mass is 9.44. The maximum Gasteiger partial charge on any atom is 0.187 e. The summed E-state index contributed by atoms with van der Waals surface area (Å²) in [7, 11) is 0. The average molecular weight is 1230 g/mol. The van der Waals surface area contributed by atoms with Gasteiger partial charge in [0.05, 0.1) is 64.1 Å². The third kappa shape index (κ3) is 11.3. The molecule has 490 valence electrons. The van der Waals surface area contributed by atoms with E-state index in [1.807, 2.05) is 0 Å². The fourth-order valence-corrected chi connectivity index (χ4v) is 17.4. The third-order valence-electron chi connectivity index (χ3n) is 22.2. The largest absolute Gasteiger partial charge is 0.394 e. The van der Waals surface area contributed by atoms with Gasteiger partial charge in [0.1, 0.15) is 116 Å². The lowest BCUT2D eigenvalue weighted by Crippen LogP contribution is -2.69. The van der Waals surface area contributed by atoms with Gasteiger partial charge in [0.25, 0.3) is 0 Å². The molecule has 29 nitrogen and oxygen atoms in total. The van der Waals surface area contributed by atoms with Gasteiger partial charge in [-0.15, -0.1) is 0 Å². The molecule has 0 aromatic carbocycles. The minimum atomic E-state index is -2.21. The van der Waals surface area contributed by atoms with Crippen LogP contribution in [0.4, 0.5) is 0 Å². The highest BCUT2D eigenvalue weighted by Crippen LogP contribution is 2.71. The molecular weight excluding hydrogens is 1140 g/mol. The summed E-state index contributed by atoms with van der Waals surface area (Å²) in [5.41, 5.74) is -0.531. The van der Waals surface area contributed by atoms with Crippen LogP contribution >= 0.6 is 0 Å². The molecule has 29 heteroatoms. The van der Waals surface area contributed by atoms with E-state index in [-0.39, 0.29) is 52.4 Å². The van der Waals surface area contributed by atoms with Crippen LogP contribution in [0.15, 0.2) is 0 Å². The van der Waals surface area contributed by atoms with Gasteiger partial charge >= 0.3 is 0 Å². The second kappa shape index (κ2) is 25.4. The Morgan fingerprint density at radius 3 is 1.67 bits per heavy atom. The van der Waals surface area contributed by atoms with Gasteiger partial charge in [-0.25, -0.2) is 0 Å². The predicted molar refractivity (Wildman–Crippen MR) is 278 cm³/mol. The summed E-state index contributed by atoms with van der Waals surface area (Å²) < 4.78 is 72.8. The van der Waals surface area contributed by atoms with Crippen molar-refractivity contribution in [1.29, 1.82) is 0 Å². The molecule has 0 amide bonds. The predicted octanol–water partition coefficient (Wildman–Crippen LogP) is -6.50. The fraction of sp³-hybridized carbons (Fsp3) is 1.00. The fourth-order valence-electron chi connectivity index (χ4n) is 17.4. The summed E-state index contributed by atoms with van der Waals surface area (Å²) in [5, 5.41) is 188. The topological polar surface area (TPSA) is 455 Å². The van der Waals surface area contributed by atoms with Gasteiger partial charge in [-0.05, 0) is 85.4 Å². The van der Waals surface area contributed by atoms with E-state index >= 15 is 0 Å².